The van der Waals surface area contributed by atoms with Gasteiger partial charge in [-0.25, -0.2) is 0 Å². The minimum Gasteiger partial charge on any atom is -0.448 e. The van der Waals surface area contributed by atoms with Gasteiger partial charge in [0.15, 0.2) is 0 Å². The van der Waals surface area contributed by atoms with Crippen LogP contribution in [-0.4, -0.2) is 55.4 Å². The first kappa shape index (κ1) is 15.5. The molecule has 0 spiro atoms. The Bertz CT molecular complexity index is 215. The molecular formula is C9H17BF3KN2. The van der Waals surface area contributed by atoms with Gasteiger partial charge < -0.3 is 17.8 Å². The molecule has 0 unspecified atom stereocenters. The second kappa shape index (κ2) is 6.54. The zero-order chi connectivity index (χ0) is 10.9. The summed E-state index contributed by atoms with van der Waals surface area (Å²) < 4.78 is 36.3. The SMILES string of the molecule is F[B-](F)(F)CN1CC(N2CCCCC2)C1.[K+]. The Morgan fingerprint density at radius 1 is 1.00 bits per heavy atom. The Labute approximate surface area is 137 Å². The number of hydrogen-bond acceptors (Lipinski definition) is 2. The summed E-state index contributed by atoms with van der Waals surface area (Å²) in [6.45, 7) is -1.25. The van der Waals surface area contributed by atoms with Crippen LogP contribution in [-0.2, 0) is 0 Å². The van der Waals surface area contributed by atoms with Crippen LogP contribution >= 0.6 is 0 Å². The topological polar surface area (TPSA) is 6.48 Å². The number of halogens is 3. The molecule has 7 heteroatoms. The van der Waals surface area contributed by atoms with Crippen molar-refractivity contribution in [2.45, 2.75) is 25.3 Å². The van der Waals surface area contributed by atoms with Crippen molar-refractivity contribution in [3.63, 3.8) is 0 Å². The molecule has 16 heavy (non-hydrogen) atoms. The molecule has 2 nitrogen and oxygen atoms in total. The summed E-state index contributed by atoms with van der Waals surface area (Å²) in [6.07, 6.45) is 3.02. The molecule has 88 valence electrons. The van der Waals surface area contributed by atoms with E-state index in [1.54, 1.807) is 0 Å². The van der Waals surface area contributed by atoms with E-state index < -0.39 is 13.4 Å². The van der Waals surface area contributed by atoms with E-state index >= 15 is 0 Å². The molecule has 2 aliphatic rings. The number of nitrogens with zero attached hydrogens (tertiary/aromatic N) is 2. The maximum Gasteiger partial charge on any atom is 1.00 e. The van der Waals surface area contributed by atoms with Gasteiger partial charge in [-0.3, -0.25) is 4.90 Å². The van der Waals surface area contributed by atoms with Crippen LogP contribution < -0.4 is 51.4 Å². The van der Waals surface area contributed by atoms with E-state index in [1.807, 2.05) is 0 Å². The van der Waals surface area contributed by atoms with Crippen LogP contribution in [0.15, 0.2) is 0 Å². The molecule has 0 atom stereocenters. The molecule has 0 aromatic heterocycles. The smallest absolute Gasteiger partial charge is 0.448 e. The number of rotatable bonds is 3. The molecule has 0 aromatic rings. The zero-order valence-corrected chi connectivity index (χ0v) is 13.0. The van der Waals surface area contributed by atoms with Crippen molar-refractivity contribution in [1.29, 1.82) is 0 Å². The first-order chi connectivity index (χ1) is 7.04. The fourth-order valence-corrected chi connectivity index (χ4v) is 2.50. The van der Waals surface area contributed by atoms with Crippen molar-refractivity contribution in [1.82, 2.24) is 9.80 Å². The van der Waals surface area contributed by atoms with Gasteiger partial charge in [0.1, 0.15) is 0 Å². The summed E-state index contributed by atoms with van der Waals surface area (Å²) in [5.74, 6) is 0. The molecule has 2 fully saturated rings. The summed E-state index contributed by atoms with van der Waals surface area (Å²) in [5, 5.41) is 0. The average Bonchev–Trinajstić information content (AvgIpc) is 2.11. The Morgan fingerprint density at radius 3 is 2.06 bits per heavy atom. The maximum absolute atomic E-state index is 12.1. The van der Waals surface area contributed by atoms with Crippen molar-refractivity contribution >= 4 is 6.98 Å². The predicted octanol–water partition coefficient (Wildman–Crippen LogP) is -1.45. The number of hydrogen-bond donors (Lipinski definition) is 0. The molecule has 2 aliphatic heterocycles. The second-order valence-electron chi connectivity index (χ2n) is 4.68. The normalized spacial score (nSPS) is 24.9. The van der Waals surface area contributed by atoms with Gasteiger partial charge in [-0.05, 0) is 32.4 Å². The maximum atomic E-state index is 12.1. The van der Waals surface area contributed by atoms with Crippen molar-refractivity contribution in [2.24, 2.45) is 0 Å². The van der Waals surface area contributed by atoms with Gasteiger partial charge in [-0.2, -0.15) is 0 Å². The minimum atomic E-state index is -4.63. The number of piperidine rings is 1. The largest absolute Gasteiger partial charge is 1.00 e. The monoisotopic (exact) mass is 260 g/mol. The Morgan fingerprint density at radius 2 is 1.56 bits per heavy atom. The van der Waals surface area contributed by atoms with E-state index in [-0.39, 0.29) is 51.4 Å². The molecule has 0 radical (unpaired) electrons. The molecule has 2 rings (SSSR count). The first-order valence-electron chi connectivity index (χ1n) is 5.72. The molecule has 0 bridgehead atoms. The fourth-order valence-electron chi connectivity index (χ4n) is 2.50. The van der Waals surface area contributed by atoms with Crippen LogP contribution in [0, 0.1) is 0 Å². The van der Waals surface area contributed by atoms with E-state index in [2.05, 4.69) is 4.90 Å². The third kappa shape index (κ3) is 4.59. The third-order valence-corrected chi connectivity index (χ3v) is 3.31. The van der Waals surface area contributed by atoms with Crippen LogP contribution in [0.1, 0.15) is 19.3 Å². The first-order valence-corrected chi connectivity index (χ1v) is 5.72. The van der Waals surface area contributed by atoms with E-state index in [1.165, 1.54) is 24.2 Å². The summed E-state index contributed by atoms with van der Waals surface area (Å²) >= 11 is 0. The van der Waals surface area contributed by atoms with E-state index in [0.717, 1.165) is 13.1 Å². The molecule has 2 heterocycles. The summed E-state index contributed by atoms with van der Waals surface area (Å²) in [7, 11) is 0. The molecule has 0 amide bonds. The van der Waals surface area contributed by atoms with Crippen LogP contribution in [0.25, 0.3) is 0 Å². The zero-order valence-electron chi connectivity index (χ0n) is 9.84. The van der Waals surface area contributed by atoms with E-state index in [0.29, 0.717) is 19.1 Å². The van der Waals surface area contributed by atoms with Gasteiger partial charge in [0.25, 0.3) is 0 Å². The Balaban J connectivity index is 0.00000128. The van der Waals surface area contributed by atoms with Gasteiger partial charge in [-0.15, -0.1) is 0 Å². The van der Waals surface area contributed by atoms with Gasteiger partial charge >= 0.3 is 58.4 Å². The molecular weight excluding hydrogens is 243 g/mol. The van der Waals surface area contributed by atoms with Gasteiger partial charge in [0.05, 0.1) is 0 Å². The predicted molar refractivity (Wildman–Crippen MR) is 54.7 cm³/mol. The standard InChI is InChI=1S/C9H17BF3N2.K/c11-10(12,13)8-14-6-9(7-14)15-4-2-1-3-5-15;/h9H,1-8H2;/q-1;+1. The van der Waals surface area contributed by atoms with Crippen LogP contribution in [0.2, 0.25) is 0 Å². The summed E-state index contributed by atoms with van der Waals surface area (Å²) in [5.41, 5.74) is 0. The molecule has 2 saturated heterocycles. The minimum absolute atomic E-state index is 0. The third-order valence-electron chi connectivity index (χ3n) is 3.31. The van der Waals surface area contributed by atoms with E-state index in [9.17, 15) is 12.9 Å². The second-order valence-corrected chi connectivity index (χ2v) is 4.68. The fraction of sp³-hybridized carbons (Fsp3) is 1.00. The van der Waals surface area contributed by atoms with Crippen molar-refractivity contribution in [3.8, 4) is 0 Å². The van der Waals surface area contributed by atoms with Crippen LogP contribution in [0.4, 0.5) is 12.9 Å². The Kier molecular flexibility index (Phi) is 6.32. The molecule has 0 saturated carbocycles. The number of likely N-dealkylation sites (tertiary alicyclic amines) is 2. The van der Waals surface area contributed by atoms with E-state index in [4.69, 9.17) is 0 Å². The quantitative estimate of drug-likeness (QED) is 0.573. The van der Waals surface area contributed by atoms with Crippen molar-refractivity contribution in [3.05, 3.63) is 0 Å². The molecule has 0 aromatic carbocycles. The summed E-state index contributed by atoms with van der Waals surface area (Å²) in [6, 6.07) is 0.392. The van der Waals surface area contributed by atoms with Gasteiger partial charge in [0, 0.05) is 19.1 Å². The summed E-state index contributed by atoms with van der Waals surface area (Å²) in [4.78, 5) is 3.86. The Hall–Kier alpha value is 1.41. The molecule has 0 N–H and O–H groups in total. The van der Waals surface area contributed by atoms with Gasteiger partial charge in [0.2, 0.25) is 0 Å². The van der Waals surface area contributed by atoms with Crippen molar-refractivity contribution < 1.29 is 64.3 Å². The van der Waals surface area contributed by atoms with Crippen LogP contribution in [0.3, 0.4) is 0 Å². The van der Waals surface area contributed by atoms with Crippen LogP contribution in [0.5, 0.6) is 0 Å². The van der Waals surface area contributed by atoms with Gasteiger partial charge in [-0.1, -0.05) is 6.42 Å². The average molecular weight is 260 g/mol. The molecule has 0 aliphatic carbocycles. The van der Waals surface area contributed by atoms with Crippen molar-refractivity contribution in [2.75, 3.05) is 32.6 Å².